The normalized spacial score (nSPS) is 21.3. The first kappa shape index (κ1) is 12.0. The van der Waals surface area contributed by atoms with E-state index in [9.17, 15) is 8.78 Å². The molecule has 0 bridgehead atoms. The third-order valence-corrected chi connectivity index (χ3v) is 2.63. The van der Waals surface area contributed by atoms with Crippen molar-refractivity contribution < 1.29 is 18.3 Å². The van der Waals surface area contributed by atoms with Gasteiger partial charge in [-0.25, -0.2) is 8.78 Å². The summed E-state index contributed by atoms with van der Waals surface area (Å²) in [5.41, 5.74) is 0.199. The van der Waals surface area contributed by atoms with Crippen LogP contribution in [0.5, 0.6) is 5.75 Å². The highest BCUT2D eigenvalue weighted by Crippen LogP contribution is 2.22. The van der Waals surface area contributed by atoms with Gasteiger partial charge in [0.2, 0.25) is 0 Å². The molecule has 1 aliphatic heterocycles. The van der Waals surface area contributed by atoms with Gasteiger partial charge in [0.15, 0.2) is 12.1 Å². The molecule has 0 amide bonds. The smallest absolute Gasteiger partial charge is 0.199 e. The molecule has 4 heteroatoms. The monoisotopic (exact) mass is 240 g/mol. The first-order valence-electron chi connectivity index (χ1n) is 5.64. The van der Waals surface area contributed by atoms with Gasteiger partial charge in [-0.3, -0.25) is 0 Å². The molecule has 1 aromatic carbocycles. The Morgan fingerprint density at radius 1 is 1.29 bits per heavy atom. The van der Waals surface area contributed by atoms with Crippen LogP contribution >= 0.6 is 0 Å². The Hall–Kier alpha value is -1.42. The van der Waals surface area contributed by atoms with Crippen LogP contribution < -0.4 is 4.74 Å². The Labute approximate surface area is 98.8 Å². The lowest BCUT2D eigenvalue weighted by molar-refractivity contribution is -0.105. The van der Waals surface area contributed by atoms with E-state index in [2.05, 4.69) is 0 Å². The first-order valence-corrected chi connectivity index (χ1v) is 5.64. The van der Waals surface area contributed by atoms with E-state index in [0.29, 0.717) is 12.4 Å². The van der Waals surface area contributed by atoms with E-state index in [1.807, 2.05) is 0 Å². The van der Waals surface area contributed by atoms with Gasteiger partial charge in [-0.1, -0.05) is 0 Å². The second kappa shape index (κ2) is 5.77. The Balaban J connectivity index is 1.97. The van der Waals surface area contributed by atoms with E-state index in [1.54, 1.807) is 12.1 Å². The summed E-state index contributed by atoms with van der Waals surface area (Å²) < 4.78 is 35.8. The van der Waals surface area contributed by atoms with Crippen molar-refractivity contribution in [2.75, 3.05) is 6.61 Å². The van der Waals surface area contributed by atoms with Gasteiger partial charge in [0.1, 0.15) is 12.1 Å². The summed E-state index contributed by atoms with van der Waals surface area (Å²) in [6.07, 6.45) is 2.73. The van der Waals surface area contributed by atoms with Crippen LogP contribution in [0.1, 0.15) is 24.8 Å². The minimum absolute atomic E-state index is 0.0554. The second-order valence-corrected chi connectivity index (χ2v) is 3.90. The molecule has 2 nitrogen and oxygen atoms in total. The van der Waals surface area contributed by atoms with Crippen LogP contribution in [0.15, 0.2) is 30.6 Å². The summed E-state index contributed by atoms with van der Waals surface area (Å²) in [6.45, 7) is 0.710. The number of benzene rings is 1. The highest BCUT2D eigenvalue weighted by molar-refractivity contribution is 5.58. The zero-order valence-electron chi connectivity index (χ0n) is 9.36. The maximum Gasteiger partial charge on any atom is 0.199 e. The first-order chi connectivity index (χ1) is 8.29. The largest absolute Gasteiger partial charge is 0.465 e. The lowest BCUT2D eigenvalue weighted by Gasteiger charge is -2.23. The Morgan fingerprint density at radius 3 is 2.65 bits per heavy atom. The topological polar surface area (TPSA) is 18.5 Å². The zero-order valence-corrected chi connectivity index (χ0v) is 9.36. The maximum absolute atomic E-state index is 12.9. The van der Waals surface area contributed by atoms with E-state index >= 15 is 0 Å². The lowest BCUT2D eigenvalue weighted by Crippen LogP contribution is -2.24. The van der Waals surface area contributed by atoms with E-state index in [4.69, 9.17) is 9.47 Å². The van der Waals surface area contributed by atoms with Gasteiger partial charge in [-0.05, 0) is 37.1 Å². The van der Waals surface area contributed by atoms with Crippen molar-refractivity contribution in [2.45, 2.75) is 25.6 Å². The van der Waals surface area contributed by atoms with Gasteiger partial charge >= 0.3 is 0 Å². The summed E-state index contributed by atoms with van der Waals surface area (Å²) in [4.78, 5) is 0. The Morgan fingerprint density at radius 2 is 2.06 bits per heavy atom. The number of rotatable bonds is 3. The second-order valence-electron chi connectivity index (χ2n) is 3.90. The lowest BCUT2D eigenvalue weighted by atomic mass is 10.2. The molecule has 0 aliphatic carbocycles. The van der Waals surface area contributed by atoms with Gasteiger partial charge in [-0.15, -0.1) is 0 Å². The predicted octanol–water partition coefficient (Wildman–Crippen LogP) is 3.83. The number of ether oxygens (including phenoxy) is 2. The molecule has 1 aliphatic rings. The molecule has 1 unspecified atom stereocenters. The number of hydrogen-bond donors (Lipinski definition) is 0. The fourth-order valence-corrected chi connectivity index (χ4v) is 1.71. The van der Waals surface area contributed by atoms with Crippen LogP contribution in [0.2, 0.25) is 0 Å². The fraction of sp³-hybridized carbons (Fsp3) is 0.385. The van der Waals surface area contributed by atoms with Crippen molar-refractivity contribution in [1.29, 1.82) is 0 Å². The molecule has 2 rings (SSSR count). The molecular formula is C13H14F2O2. The van der Waals surface area contributed by atoms with Crippen molar-refractivity contribution >= 4 is 5.83 Å². The summed E-state index contributed by atoms with van der Waals surface area (Å²) in [5, 5.41) is 0. The number of halogens is 2. The Kier molecular flexibility index (Phi) is 4.09. The van der Waals surface area contributed by atoms with E-state index < -0.39 is 5.83 Å². The standard InChI is InChI=1S/C13H14F2O2/c14-9-12(15)10-4-6-11(7-5-10)17-13-3-1-2-8-16-13/h4-7,9,13H,1-3,8H2/b12-9+. The molecule has 0 N–H and O–H groups in total. The van der Waals surface area contributed by atoms with Crippen molar-refractivity contribution in [1.82, 2.24) is 0 Å². The summed E-state index contributed by atoms with van der Waals surface area (Å²) >= 11 is 0. The zero-order chi connectivity index (χ0) is 12.1. The fourth-order valence-electron chi connectivity index (χ4n) is 1.71. The quantitative estimate of drug-likeness (QED) is 0.799. The van der Waals surface area contributed by atoms with E-state index in [0.717, 1.165) is 19.3 Å². The molecular weight excluding hydrogens is 226 g/mol. The van der Waals surface area contributed by atoms with Crippen molar-refractivity contribution in [3.05, 3.63) is 36.2 Å². The highest BCUT2D eigenvalue weighted by Gasteiger charge is 2.15. The summed E-state index contributed by atoms with van der Waals surface area (Å²) in [5.74, 6) is -0.280. The highest BCUT2D eigenvalue weighted by atomic mass is 19.2. The van der Waals surface area contributed by atoms with Gasteiger partial charge in [-0.2, -0.15) is 0 Å². The van der Waals surface area contributed by atoms with Crippen LogP contribution in [-0.2, 0) is 4.74 Å². The van der Waals surface area contributed by atoms with Gasteiger partial charge < -0.3 is 9.47 Å². The minimum atomic E-state index is -0.884. The average Bonchev–Trinajstić information content (AvgIpc) is 2.40. The van der Waals surface area contributed by atoms with Crippen LogP contribution in [0.25, 0.3) is 5.83 Å². The maximum atomic E-state index is 12.9. The molecule has 1 atom stereocenters. The van der Waals surface area contributed by atoms with Gasteiger partial charge in [0, 0.05) is 12.0 Å². The summed E-state index contributed by atoms with van der Waals surface area (Å²) in [6, 6.07) is 6.17. The third kappa shape index (κ3) is 3.27. The molecule has 0 saturated carbocycles. The molecule has 17 heavy (non-hydrogen) atoms. The molecule has 0 aromatic heterocycles. The van der Waals surface area contributed by atoms with E-state index in [-0.39, 0.29) is 18.2 Å². The number of hydrogen-bond acceptors (Lipinski definition) is 2. The van der Waals surface area contributed by atoms with Crippen LogP contribution in [0.3, 0.4) is 0 Å². The Bertz CT molecular complexity index is 381. The molecule has 92 valence electrons. The molecule has 0 radical (unpaired) electrons. The average molecular weight is 240 g/mol. The van der Waals surface area contributed by atoms with Crippen molar-refractivity contribution in [3.8, 4) is 5.75 Å². The van der Waals surface area contributed by atoms with Gasteiger partial charge in [0.05, 0.1) is 6.61 Å². The molecule has 0 spiro atoms. The molecule has 1 aromatic rings. The van der Waals surface area contributed by atoms with Gasteiger partial charge in [0.25, 0.3) is 0 Å². The SMILES string of the molecule is F/C=C(/F)c1ccc(OC2CCCCO2)cc1. The summed E-state index contributed by atoms with van der Waals surface area (Å²) in [7, 11) is 0. The molecule has 1 heterocycles. The predicted molar refractivity (Wildman–Crippen MR) is 60.9 cm³/mol. The van der Waals surface area contributed by atoms with Crippen LogP contribution in [-0.4, -0.2) is 12.9 Å². The van der Waals surface area contributed by atoms with Crippen LogP contribution in [0.4, 0.5) is 8.78 Å². The minimum Gasteiger partial charge on any atom is -0.465 e. The van der Waals surface area contributed by atoms with Crippen molar-refractivity contribution in [2.24, 2.45) is 0 Å². The van der Waals surface area contributed by atoms with Crippen LogP contribution in [0, 0.1) is 0 Å². The third-order valence-electron chi connectivity index (χ3n) is 2.63. The van der Waals surface area contributed by atoms with Crippen molar-refractivity contribution in [3.63, 3.8) is 0 Å². The molecule has 1 fully saturated rings. The molecule has 1 saturated heterocycles. The van der Waals surface area contributed by atoms with E-state index in [1.165, 1.54) is 12.1 Å².